The van der Waals surface area contributed by atoms with Crippen LogP contribution in [0.3, 0.4) is 0 Å². The predicted octanol–water partition coefficient (Wildman–Crippen LogP) is 1.12. The highest BCUT2D eigenvalue weighted by molar-refractivity contribution is 5.62. The normalized spacial score (nSPS) is 13.8. The fourth-order valence-corrected chi connectivity index (χ4v) is 0.167. The molecule has 0 aromatic heterocycles. The number of hydrogen-bond donors (Lipinski definition) is 2. The second kappa shape index (κ2) is 5.62. The highest BCUT2D eigenvalue weighted by atomic mass is 16.4. The summed E-state index contributed by atoms with van der Waals surface area (Å²) >= 11 is 0. The van der Waals surface area contributed by atoms with Gasteiger partial charge in [0.15, 0.2) is 0 Å². The quantitative estimate of drug-likeness (QED) is 0.583. The maximum Gasteiger partial charge on any atom is 0.300 e. The number of hydrogen-bond acceptors (Lipinski definition) is 2. The molecule has 0 amide bonds. The molecule has 0 aromatic carbocycles. The summed E-state index contributed by atoms with van der Waals surface area (Å²) < 4.78 is 0. The maximum atomic E-state index is 9.16. The first-order valence-corrected chi connectivity index (χ1v) is 3.63. The molecule has 0 heterocycles. The fraction of sp³-hybridized carbons (Fsp3) is 0.667. The fourth-order valence-electron chi connectivity index (χ4n) is 0.167. The van der Waals surface area contributed by atoms with Crippen molar-refractivity contribution in [2.75, 3.05) is 0 Å². The topological polar surface area (TPSA) is 57.5 Å². The van der Waals surface area contributed by atoms with E-state index in [-0.39, 0.29) is 5.92 Å². The van der Waals surface area contributed by atoms with E-state index in [1.807, 2.05) is 13.8 Å². The lowest BCUT2D eigenvalue weighted by molar-refractivity contribution is -0.134. The first-order valence-electron chi connectivity index (χ1n) is 3.63. The minimum atomic E-state index is -0.931. The van der Waals surface area contributed by atoms with Crippen molar-refractivity contribution < 1.29 is 15.0 Å². The molecule has 70 valence electrons. The van der Waals surface area contributed by atoms with Crippen LogP contribution in [0, 0.1) is 18.3 Å². The molecule has 1 unspecified atom stereocenters. The minimum absolute atomic E-state index is 0.132. The Morgan fingerprint density at radius 2 is 1.83 bits per heavy atom. The Hall–Kier alpha value is -1.01. The summed E-state index contributed by atoms with van der Waals surface area (Å²) in [6, 6.07) is 0. The number of carboxylic acid groups (broad SMARTS) is 1. The highest BCUT2D eigenvalue weighted by Gasteiger charge is 2.20. The van der Waals surface area contributed by atoms with Gasteiger partial charge >= 0.3 is 0 Å². The Balaban J connectivity index is 0. The van der Waals surface area contributed by atoms with Gasteiger partial charge in [-0.2, -0.15) is 0 Å². The molecule has 0 aliphatic carbocycles. The van der Waals surface area contributed by atoms with Crippen molar-refractivity contribution in [3.63, 3.8) is 0 Å². The van der Waals surface area contributed by atoms with Crippen LogP contribution in [0.5, 0.6) is 0 Å². The third kappa shape index (κ3) is 8.99. The van der Waals surface area contributed by atoms with Crippen molar-refractivity contribution in [1.29, 1.82) is 0 Å². The molecule has 0 saturated carbocycles. The monoisotopic (exact) mass is 172 g/mol. The van der Waals surface area contributed by atoms with Crippen molar-refractivity contribution in [3.8, 4) is 12.3 Å². The largest absolute Gasteiger partial charge is 0.481 e. The molecule has 0 radical (unpaired) electrons. The number of carboxylic acids is 1. The average molecular weight is 172 g/mol. The lowest BCUT2D eigenvalue weighted by Gasteiger charge is -2.19. The van der Waals surface area contributed by atoms with E-state index in [4.69, 9.17) is 21.4 Å². The van der Waals surface area contributed by atoms with Crippen LogP contribution < -0.4 is 0 Å². The van der Waals surface area contributed by atoms with Gasteiger partial charge < -0.3 is 10.2 Å². The van der Waals surface area contributed by atoms with Gasteiger partial charge in [0.2, 0.25) is 0 Å². The first-order chi connectivity index (χ1) is 5.24. The summed E-state index contributed by atoms with van der Waals surface area (Å²) in [4.78, 5) is 9.00. The van der Waals surface area contributed by atoms with Crippen LogP contribution in [-0.4, -0.2) is 21.8 Å². The van der Waals surface area contributed by atoms with Crippen molar-refractivity contribution in [1.82, 2.24) is 0 Å². The Morgan fingerprint density at radius 1 is 1.58 bits per heavy atom. The summed E-state index contributed by atoms with van der Waals surface area (Å²) in [5, 5.41) is 16.6. The van der Waals surface area contributed by atoms with Crippen LogP contribution in [0.4, 0.5) is 0 Å². The van der Waals surface area contributed by atoms with Crippen LogP contribution in [-0.2, 0) is 4.79 Å². The SMILES string of the molecule is C#CC(C)(O)C(C)C.CC(=O)O. The zero-order valence-electron chi connectivity index (χ0n) is 7.96. The van der Waals surface area contributed by atoms with Gasteiger partial charge in [-0.05, 0) is 12.8 Å². The number of carbonyl (C=O) groups is 1. The smallest absolute Gasteiger partial charge is 0.300 e. The van der Waals surface area contributed by atoms with Gasteiger partial charge in [-0.3, -0.25) is 4.79 Å². The van der Waals surface area contributed by atoms with E-state index in [0.717, 1.165) is 6.92 Å². The Labute approximate surface area is 73.4 Å². The van der Waals surface area contributed by atoms with Gasteiger partial charge in [0.05, 0.1) is 0 Å². The summed E-state index contributed by atoms with van der Waals surface area (Å²) in [5.74, 6) is 1.59. The maximum absolute atomic E-state index is 9.16. The van der Waals surface area contributed by atoms with E-state index in [0.29, 0.717) is 0 Å². The summed E-state index contributed by atoms with van der Waals surface area (Å²) in [7, 11) is 0. The van der Waals surface area contributed by atoms with Gasteiger partial charge in [-0.25, -0.2) is 0 Å². The molecule has 1 atom stereocenters. The molecule has 0 rings (SSSR count). The van der Waals surface area contributed by atoms with Crippen LogP contribution in [0.2, 0.25) is 0 Å². The van der Waals surface area contributed by atoms with Crippen LogP contribution in [0.25, 0.3) is 0 Å². The summed E-state index contributed by atoms with van der Waals surface area (Å²) in [5.41, 5.74) is -0.931. The molecule has 0 fully saturated rings. The van der Waals surface area contributed by atoms with Gasteiger partial charge in [0.25, 0.3) is 5.97 Å². The second-order valence-electron chi connectivity index (χ2n) is 2.97. The highest BCUT2D eigenvalue weighted by Crippen LogP contribution is 2.13. The number of aliphatic hydroxyl groups is 1. The standard InChI is InChI=1S/C7H12O.C2H4O2/c1-5-7(4,8)6(2)3;1-2(3)4/h1,6,8H,2-4H3;1H3,(H,3,4). The zero-order chi connectivity index (χ0) is 10.4. The van der Waals surface area contributed by atoms with E-state index in [1.165, 1.54) is 0 Å². The molecule has 12 heavy (non-hydrogen) atoms. The van der Waals surface area contributed by atoms with Crippen molar-refractivity contribution in [2.24, 2.45) is 5.92 Å². The third-order valence-corrected chi connectivity index (χ3v) is 1.42. The Morgan fingerprint density at radius 3 is 1.83 bits per heavy atom. The minimum Gasteiger partial charge on any atom is -0.481 e. The molecule has 0 bridgehead atoms. The van der Waals surface area contributed by atoms with Gasteiger partial charge in [0, 0.05) is 6.92 Å². The number of aliphatic carboxylic acids is 1. The predicted molar refractivity (Wildman–Crippen MR) is 47.6 cm³/mol. The third-order valence-electron chi connectivity index (χ3n) is 1.42. The average Bonchev–Trinajstić information content (AvgIpc) is 1.86. The van der Waals surface area contributed by atoms with Crippen molar-refractivity contribution >= 4 is 5.97 Å². The summed E-state index contributed by atoms with van der Waals surface area (Å²) in [6.07, 6.45) is 5.01. The summed E-state index contributed by atoms with van der Waals surface area (Å²) in [6.45, 7) is 6.50. The molecule has 0 saturated heterocycles. The molecule has 0 spiro atoms. The molecular formula is C9H16O3. The van der Waals surface area contributed by atoms with Gasteiger partial charge in [-0.15, -0.1) is 6.42 Å². The Kier molecular flexibility index (Phi) is 6.35. The number of rotatable bonds is 1. The van der Waals surface area contributed by atoms with E-state index < -0.39 is 11.6 Å². The molecule has 3 heteroatoms. The number of terminal acetylenes is 1. The molecule has 3 nitrogen and oxygen atoms in total. The van der Waals surface area contributed by atoms with Gasteiger partial charge in [-0.1, -0.05) is 19.8 Å². The lowest BCUT2D eigenvalue weighted by Crippen LogP contribution is -2.28. The zero-order valence-corrected chi connectivity index (χ0v) is 7.96. The van der Waals surface area contributed by atoms with E-state index in [1.54, 1.807) is 6.92 Å². The van der Waals surface area contributed by atoms with Crippen LogP contribution >= 0.6 is 0 Å². The molecule has 0 aromatic rings. The Bertz CT molecular complexity index is 171. The van der Waals surface area contributed by atoms with Crippen molar-refractivity contribution in [3.05, 3.63) is 0 Å². The van der Waals surface area contributed by atoms with E-state index in [9.17, 15) is 0 Å². The van der Waals surface area contributed by atoms with Crippen LogP contribution in [0.15, 0.2) is 0 Å². The van der Waals surface area contributed by atoms with Crippen molar-refractivity contribution in [2.45, 2.75) is 33.3 Å². The second-order valence-corrected chi connectivity index (χ2v) is 2.97. The molecule has 0 aliphatic heterocycles. The molecular weight excluding hydrogens is 156 g/mol. The first kappa shape index (κ1) is 13.6. The van der Waals surface area contributed by atoms with E-state index >= 15 is 0 Å². The van der Waals surface area contributed by atoms with E-state index in [2.05, 4.69) is 5.92 Å². The van der Waals surface area contributed by atoms with Crippen LogP contribution in [0.1, 0.15) is 27.7 Å². The lowest BCUT2D eigenvalue weighted by atomic mass is 9.94. The van der Waals surface area contributed by atoms with Gasteiger partial charge in [0.1, 0.15) is 5.60 Å². The molecule has 0 aliphatic rings. The molecule has 2 N–H and O–H groups in total.